The fourth-order valence-electron chi connectivity index (χ4n) is 2.78. The molecule has 0 aromatic rings. The van der Waals surface area contributed by atoms with Crippen molar-refractivity contribution in [3.8, 4) is 0 Å². The van der Waals surface area contributed by atoms with E-state index in [9.17, 15) is 0 Å². The Labute approximate surface area is 95.2 Å². The number of nitrogens with zero attached hydrogens (tertiary/aromatic N) is 1. The van der Waals surface area contributed by atoms with Crippen LogP contribution in [-0.2, 0) is 0 Å². The lowest BCUT2D eigenvalue weighted by atomic mass is 10.0. The molecule has 2 N–H and O–H groups in total. The van der Waals surface area contributed by atoms with Crippen molar-refractivity contribution in [3.05, 3.63) is 0 Å². The average molecular weight is 212 g/mol. The molecule has 2 nitrogen and oxygen atoms in total. The summed E-state index contributed by atoms with van der Waals surface area (Å²) in [6.45, 7) is 3.07. The molecule has 0 bridgehead atoms. The molecule has 2 heteroatoms. The Kier molecular flexibility index (Phi) is 6.26. The van der Waals surface area contributed by atoms with Crippen LogP contribution in [0.1, 0.15) is 58.3 Å². The summed E-state index contributed by atoms with van der Waals surface area (Å²) in [7, 11) is 2.28. The van der Waals surface area contributed by atoms with Crippen LogP contribution in [0.5, 0.6) is 0 Å². The Morgan fingerprint density at radius 2 is 1.80 bits per heavy atom. The molecule has 1 aliphatic carbocycles. The molecule has 0 aromatic carbocycles. The van der Waals surface area contributed by atoms with Gasteiger partial charge in [0.15, 0.2) is 0 Å². The zero-order valence-corrected chi connectivity index (χ0v) is 10.5. The second-order valence-corrected chi connectivity index (χ2v) is 4.99. The summed E-state index contributed by atoms with van der Waals surface area (Å²) in [5, 5.41) is 0. The van der Waals surface area contributed by atoms with Gasteiger partial charge in [0.05, 0.1) is 0 Å². The van der Waals surface area contributed by atoms with Crippen molar-refractivity contribution in [2.75, 3.05) is 13.6 Å². The third-order valence-corrected chi connectivity index (χ3v) is 3.87. The van der Waals surface area contributed by atoms with Crippen LogP contribution in [0.4, 0.5) is 0 Å². The summed E-state index contributed by atoms with van der Waals surface area (Å²) < 4.78 is 0. The highest BCUT2D eigenvalue weighted by Gasteiger charge is 2.22. The van der Waals surface area contributed by atoms with E-state index in [-0.39, 0.29) is 0 Å². The highest BCUT2D eigenvalue weighted by molar-refractivity contribution is 4.78. The Morgan fingerprint density at radius 1 is 1.20 bits per heavy atom. The van der Waals surface area contributed by atoms with Gasteiger partial charge in [-0.1, -0.05) is 39.0 Å². The van der Waals surface area contributed by atoms with Crippen molar-refractivity contribution in [1.82, 2.24) is 4.90 Å². The highest BCUT2D eigenvalue weighted by Crippen LogP contribution is 2.23. The molecular weight excluding hydrogens is 184 g/mol. The van der Waals surface area contributed by atoms with E-state index in [4.69, 9.17) is 5.73 Å². The number of likely N-dealkylation sites (N-methyl/N-ethyl adjacent to an activating group) is 1. The van der Waals surface area contributed by atoms with E-state index in [0.29, 0.717) is 6.04 Å². The number of rotatable bonds is 5. The van der Waals surface area contributed by atoms with Crippen LogP contribution >= 0.6 is 0 Å². The van der Waals surface area contributed by atoms with Crippen molar-refractivity contribution in [2.24, 2.45) is 5.73 Å². The monoisotopic (exact) mass is 212 g/mol. The molecule has 0 aliphatic heterocycles. The maximum absolute atomic E-state index is 5.86. The van der Waals surface area contributed by atoms with Crippen molar-refractivity contribution in [1.29, 1.82) is 0 Å². The van der Waals surface area contributed by atoms with Gasteiger partial charge in [0.2, 0.25) is 0 Å². The molecule has 1 atom stereocenters. The Bertz CT molecular complexity index is 151. The summed E-state index contributed by atoms with van der Waals surface area (Å²) in [5.74, 6) is 0. The first kappa shape index (κ1) is 13.0. The Balaban J connectivity index is 2.43. The minimum atomic E-state index is 0.609. The third-order valence-electron chi connectivity index (χ3n) is 3.87. The lowest BCUT2D eigenvalue weighted by Gasteiger charge is -2.34. The fraction of sp³-hybridized carbons (Fsp3) is 1.00. The fourth-order valence-corrected chi connectivity index (χ4v) is 2.78. The van der Waals surface area contributed by atoms with Crippen molar-refractivity contribution >= 4 is 0 Å². The molecule has 1 unspecified atom stereocenters. The predicted molar refractivity (Wildman–Crippen MR) is 67.0 cm³/mol. The van der Waals surface area contributed by atoms with Crippen LogP contribution < -0.4 is 5.73 Å². The zero-order chi connectivity index (χ0) is 11.1. The number of nitrogens with two attached hydrogens (primary N) is 1. The molecule has 1 aliphatic rings. The lowest BCUT2D eigenvalue weighted by molar-refractivity contribution is 0.153. The maximum atomic E-state index is 5.86. The number of hydrogen-bond acceptors (Lipinski definition) is 2. The first-order chi connectivity index (χ1) is 7.29. The van der Waals surface area contributed by atoms with Gasteiger partial charge in [-0.05, 0) is 26.3 Å². The standard InChI is InChI=1S/C13H28N2/c1-3-8-13(11-14)15(2)12-9-6-4-5-7-10-12/h12-13H,3-11,14H2,1-2H3. The Morgan fingerprint density at radius 3 is 2.27 bits per heavy atom. The number of hydrogen-bond donors (Lipinski definition) is 1. The molecule has 90 valence electrons. The summed E-state index contributed by atoms with van der Waals surface area (Å²) >= 11 is 0. The lowest BCUT2D eigenvalue weighted by Crippen LogP contribution is -2.44. The molecule has 1 rings (SSSR count). The summed E-state index contributed by atoms with van der Waals surface area (Å²) in [5.41, 5.74) is 5.86. The van der Waals surface area contributed by atoms with Gasteiger partial charge in [0, 0.05) is 18.6 Å². The maximum Gasteiger partial charge on any atom is 0.0218 e. The molecule has 15 heavy (non-hydrogen) atoms. The second kappa shape index (κ2) is 7.24. The van der Waals surface area contributed by atoms with Crippen molar-refractivity contribution in [2.45, 2.75) is 70.4 Å². The predicted octanol–water partition coefficient (Wildman–Crippen LogP) is 2.77. The van der Waals surface area contributed by atoms with Gasteiger partial charge in [-0.25, -0.2) is 0 Å². The van der Waals surface area contributed by atoms with Crippen LogP contribution in [0.3, 0.4) is 0 Å². The first-order valence-corrected chi connectivity index (χ1v) is 6.71. The average Bonchev–Trinajstić information content (AvgIpc) is 2.53. The van der Waals surface area contributed by atoms with Crippen molar-refractivity contribution < 1.29 is 0 Å². The first-order valence-electron chi connectivity index (χ1n) is 6.71. The third kappa shape index (κ3) is 4.12. The normalized spacial score (nSPS) is 21.6. The van der Waals surface area contributed by atoms with E-state index >= 15 is 0 Å². The summed E-state index contributed by atoms with van der Waals surface area (Å²) in [6.07, 6.45) is 11.0. The quantitative estimate of drug-likeness (QED) is 0.710. The van der Waals surface area contributed by atoms with Crippen LogP contribution in [-0.4, -0.2) is 30.6 Å². The van der Waals surface area contributed by atoms with E-state index in [1.54, 1.807) is 0 Å². The molecular formula is C13H28N2. The molecule has 1 fully saturated rings. The molecule has 0 heterocycles. The van der Waals surface area contributed by atoms with Gasteiger partial charge in [-0.15, -0.1) is 0 Å². The van der Waals surface area contributed by atoms with Crippen LogP contribution in [0.2, 0.25) is 0 Å². The summed E-state index contributed by atoms with van der Waals surface area (Å²) in [6, 6.07) is 1.41. The molecule has 0 amide bonds. The van der Waals surface area contributed by atoms with Gasteiger partial charge >= 0.3 is 0 Å². The second-order valence-electron chi connectivity index (χ2n) is 4.99. The minimum absolute atomic E-state index is 0.609. The van der Waals surface area contributed by atoms with Crippen LogP contribution in [0, 0.1) is 0 Å². The van der Waals surface area contributed by atoms with E-state index in [2.05, 4.69) is 18.9 Å². The largest absolute Gasteiger partial charge is 0.329 e. The van der Waals surface area contributed by atoms with Gasteiger partial charge in [0.25, 0.3) is 0 Å². The van der Waals surface area contributed by atoms with Gasteiger partial charge < -0.3 is 5.73 Å². The minimum Gasteiger partial charge on any atom is -0.329 e. The van der Waals surface area contributed by atoms with Gasteiger partial charge in [0.1, 0.15) is 0 Å². The molecule has 1 saturated carbocycles. The smallest absolute Gasteiger partial charge is 0.0218 e. The summed E-state index contributed by atoms with van der Waals surface area (Å²) in [4.78, 5) is 2.56. The molecule has 0 spiro atoms. The topological polar surface area (TPSA) is 29.3 Å². The van der Waals surface area contributed by atoms with E-state index in [1.807, 2.05) is 0 Å². The molecule has 0 saturated heterocycles. The van der Waals surface area contributed by atoms with E-state index < -0.39 is 0 Å². The van der Waals surface area contributed by atoms with E-state index in [0.717, 1.165) is 12.6 Å². The highest BCUT2D eigenvalue weighted by atomic mass is 15.2. The van der Waals surface area contributed by atoms with Crippen molar-refractivity contribution in [3.63, 3.8) is 0 Å². The van der Waals surface area contributed by atoms with Crippen LogP contribution in [0.15, 0.2) is 0 Å². The van der Waals surface area contributed by atoms with Gasteiger partial charge in [-0.2, -0.15) is 0 Å². The zero-order valence-electron chi connectivity index (χ0n) is 10.5. The molecule has 0 radical (unpaired) electrons. The Hall–Kier alpha value is -0.0800. The van der Waals surface area contributed by atoms with Gasteiger partial charge in [-0.3, -0.25) is 4.90 Å². The van der Waals surface area contributed by atoms with Crippen LogP contribution in [0.25, 0.3) is 0 Å². The SMILES string of the molecule is CCCC(CN)N(C)C1CCCCCC1. The van der Waals surface area contributed by atoms with E-state index in [1.165, 1.54) is 51.4 Å². The molecule has 0 aromatic heterocycles.